The van der Waals surface area contributed by atoms with E-state index in [2.05, 4.69) is 5.32 Å². The second kappa shape index (κ2) is 11.9. The summed E-state index contributed by atoms with van der Waals surface area (Å²) in [6, 6.07) is 22.8. The fourth-order valence-electron chi connectivity index (χ4n) is 4.83. The van der Waals surface area contributed by atoms with Gasteiger partial charge in [0.15, 0.2) is 5.78 Å². The quantitative estimate of drug-likeness (QED) is 0.217. The van der Waals surface area contributed by atoms with Crippen molar-refractivity contribution in [2.45, 2.75) is 59.0 Å². The Kier molecular flexibility index (Phi) is 8.75. The normalized spacial score (nSPS) is 14.3. The number of carbonyl (C=O) groups excluding carboxylic acids is 1. The highest BCUT2D eigenvalue weighted by molar-refractivity contribution is 7.54. The molecule has 3 aromatic rings. The first-order valence-electron chi connectivity index (χ1n) is 13.3. The number of benzene rings is 3. The summed E-state index contributed by atoms with van der Waals surface area (Å²) in [6.07, 6.45) is -0.646. The molecule has 0 heterocycles. The van der Waals surface area contributed by atoms with Crippen LogP contribution in [0.4, 0.5) is 4.79 Å². The molecule has 3 aromatic carbocycles. The summed E-state index contributed by atoms with van der Waals surface area (Å²) < 4.78 is 32.0. The number of nitrogens with zero attached hydrogens (tertiary/aromatic N) is 1. The Bertz CT molecular complexity index is 1350. The molecule has 39 heavy (non-hydrogen) atoms. The van der Waals surface area contributed by atoms with Gasteiger partial charge in [-0.3, -0.25) is 9.56 Å². The molecule has 0 radical (unpaired) electrons. The van der Waals surface area contributed by atoms with Crippen molar-refractivity contribution in [2.75, 3.05) is 13.2 Å². The van der Waals surface area contributed by atoms with E-state index in [9.17, 15) is 9.36 Å². The van der Waals surface area contributed by atoms with Crippen molar-refractivity contribution in [1.29, 1.82) is 0 Å². The smallest absolute Gasteiger partial charge is 0.408 e. The minimum Gasteiger partial charge on any atom is -0.444 e. The van der Waals surface area contributed by atoms with Crippen LogP contribution in [0.1, 0.15) is 62.9 Å². The molecule has 0 unspecified atom stereocenters. The van der Waals surface area contributed by atoms with Crippen LogP contribution in [0.2, 0.25) is 0 Å². The molecule has 0 saturated heterocycles. The van der Waals surface area contributed by atoms with E-state index in [-0.39, 0.29) is 13.2 Å². The molecule has 1 N–H and O–H groups in total. The maximum Gasteiger partial charge on any atom is 0.408 e. The van der Waals surface area contributed by atoms with Gasteiger partial charge in [0, 0.05) is 11.1 Å². The molecule has 8 heteroatoms. The molecule has 1 amide bonds. The topological polar surface area (TPSA) is 86.2 Å². The Morgan fingerprint density at radius 1 is 0.846 bits per heavy atom. The standard InChI is InChI=1S/C31H37N2O5P/c1-7-36-39(35,37-8-2)29(28(22-16-10-9-15-21(22)3)33-30(34)38-31(4,5)6)32-27-25-19-13-11-17-23(25)24-18-12-14-20-26(24)27/h9-20,28-29H,7-8H2,1-6H3,(H,33,34)/t28-,29-/m1/s1. The van der Waals surface area contributed by atoms with E-state index in [0.717, 1.165) is 33.4 Å². The van der Waals surface area contributed by atoms with Gasteiger partial charge in [0.1, 0.15) is 5.60 Å². The lowest BCUT2D eigenvalue weighted by molar-refractivity contribution is 0.0499. The van der Waals surface area contributed by atoms with Crippen molar-refractivity contribution in [1.82, 2.24) is 5.32 Å². The number of nitrogens with one attached hydrogen (secondary N) is 1. The predicted octanol–water partition coefficient (Wildman–Crippen LogP) is 7.67. The molecule has 1 aliphatic carbocycles. The second-order valence-corrected chi connectivity index (χ2v) is 12.5. The number of hydrogen-bond donors (Lipinski definition) is 1. The third-order valence-corrected chi connectivity index (χ3v) is 8.65. The lowest BCUT2D eigenvalue weighted by atomic mass is 10.0. The van der Waals surface area contributed by atoms with E-state index in [4.69, 9.17) is 18.8 Å². The lowest BCUT2D eigenvalue weighted by Gasteiger charge is -2.32. The highest BCUT2D eigenvalue weighted by atomic mass is 31.2. The molecular weight excluding hydrogens is 511 g/mol. The summed E-state index contributed by atoms with van der Waals surface area (Å²) >= 11 is 0. The fraction of sp³-hybridized carbons (Fsp3) is 0.355. The van der Waals surface area contributed by atoms with Gasteiger partial charge in [0.25, 0.3) is 0 Å². The van der Waals surface area contributed by atoms with Crippen molar-refractivity contribution in [2.24, 2.45) is 4.99 Å². The number of carbonyl (C=O) groups is 1. The molecule has 2 atom stereocenters. The molecule has 0 saturated carbocycles. The number of alkyl carbamates (subject to hydrolysis) is 1. The van der Waals surface area contributed by atoms with Crippen molar-refractivity contribution in [3.8, 4) is 11.1 Å². The summed E-state index contributed by atoms with van der Waals surface area (Å²) in [5.41, 5.74) is 5.52. The van der Waals surface area contributed by atoms with Crippen LogP contribution >= 0.6 is 7.60 Å². The Balaban J connectivity index is 1.96. The first-order valence-corrected chi connectivity index (χ1v) is 14.9. The predicted molar refractivity (Wildman–Crippen MR) is 155 cm³/mol. The number of ether oxygens (including phenoxy) is 1. The maximum atomic E-state index is 14.6. The Hall–Kier alpha value is -3.25. The fourth-order valence-corrected chi connectivity index (χ4v) is 6.78. The molecule has 1 aliphatic rings. The summed E-state index contributed by atoms with van der Waals surface area (Å²) in [7, 11) is -3.91. The van der Waals surface area contributed by atoms with Gasteiger partial charge in [-0.25, -0.2) is 4.79 Å². The van der Waals surface area contributed by atoms with E-state index >= 15 is 0 Å². The number of hydrogen-bond acceptors (Lipinski definition) is 6. The first kappa shape index (κ1) is 28.8. The average molecular weight is 549 g/mol. The molecule has 0 fully saturated rings. The van der Waals surface area contributed by atoms with Gasteiger partial charge in [0.2, 0.25) is 0 Å². The number of aliphatic imine (C=N–C) groups is 1. The lowest BCUT2D eigenvalue weighted by Crippen LogP contribution is -2.40. The summed E-state index contributed by atoms with van der Waals surface area (Å²) in [5, 5.41) is 2.97. The largest absolute Gasteiger partial charge is 0.444 e. The monoisotopic (exact) mass is 548 g/mol. The summed E-state index contributed by atoms with van der Waals surface area (Å²) in [4.78, 5) is 18.3. The van der Waals surface area contributed by atoms with E-state index in [0.29, 0.717) is 5.71 Å². The van der Waals surface area contributed by atoms with E-state index in [1.54, 1.807) is 34.6 Å². The summed E-state index contributed by atoms with van der Waals surface area (Å²) in [6.45, 7) is 11.2. The van der Waals surface area contributed by atoms with Crippen molar-refractivity contribution >= 4 is 19.4 Å². The van der Waals surface area contributed by atoms with E-state index in [1.807, 2.05) is 79.7 Å². The maximum absolute atomic E-state index is 14.6. The van der Waals surface area contributed by atoms with Gasteiger partial charge in [-0.15, -0.1) is 0 Å². The number of fused-ring (bicyclic) bond motifs is 3. The van der Waals surface area contributed by atoms with Crippen LogP contribution in [0.3, 0.4) is 0 Å². The Morgan fingerprint density at radius 2 is 1.33 bits per heavy atom. The van der Waals surface area contributed by atoms with Crippen molar-refractivity contribution in [3.63, 3.8) is 0 Å². The zero-order chi connectivity index (χ0) is 28.2. The Labute approximate surface area is 231 Å². The van der Waals surface area contributed by atoms with Crippen LogP contribution < -0.4 is 5.32 Å². The Morgan fingerprint density at radius 3 is 1.82 bits per heavy atom. The van der Waals surface area contributed by atoms with Crippen LogP contribution in [0, 0.1) is 6.92 Å². The number of amides is 1. The minimum atomic E-state index is -3.91. The molecule has 0 spiro atoms. The number of rotatable bonds is 9. The van der Waals surface area contributed by atoms with Crippen LogP contribution in [-0.4, -0.2) is 36.4 Å². The zero-order valence-electron chi connectivity index (χ0n) is 23.4. The second-order valence-electron chi connectivity index (χ2n) is 10.3. The van der Waals surface area contributed by atoms with Gasteiger partial charge >= 0.3 is 13.7 Å². The van der Waals surface area contributed by atoms with Gasteiger partial charge < -0.3 is 19.1 Å². The van der Waals surface area contributed by atoms with E-state index < -0.39 is 31.1 Å². The average Bonchev–Trinajstić information content (AvgIpc) is 3.19. The molecule has 206 valence electrons. The molecule has 7 nitrogen and oxygen atoms in total. The van der Waals surface area contributed by atoms with E-state index in [1.165, 1.54) is 0 Å². The van der Waals surface area contributed by atoms with Crippen LogP contribution in [0.25, 0.3) is 11.1 Å². The van der Waals surface area contributed by atoms with Gasteiger partial charge in [-0.05, 0) is 63.8 Å². The minimum absolute atomic E-state index is 0.152. The zero-order valence-corrected chi connectivity index (χ0v) is 24.3. The molecule has 0 bridgehead atoms. The third kappa shape index (κ3) is 6.33. The SMILES string of the molecule is CCOP(=O)(OCC)[C@@H](N=C1c2ccccc2-c2ccccc21)[C@H](NC(=O)OC(C)(C)C)c1ccccc1C. The highest BCUT2D eigenvalue weighted by Gasteiger charge is 2.45. The van der Waals surface area contributed by atoms with Crippen molar-refractivity contribution < 1.29 is 23.1 Å². The van der Waals surface area contributed by atoms with Gasteiger partial charge in [-0.2, -0.15) is 0 Å². The van der Waals surface area contributed by atoms with Crippen LogP contribution in [0.15, 0.2) is 77.8 Å². The highest BCUT2D eigenvalue weighted by Crippen LogP contribution is 2.58. The third-order valence-electron chi connectivity index (χ3n) is 6.35. The number of aryl methyl sites for hydroxylation is 1. The summed E-state index contributed by atoms with van der Waals surface area (Å²) in [5.74, 6) is -1.10. The first-order chi connectivity index (χ1) is 18.6. The van der Waals surface area contributed by atoms with Gasteiger partial charge in [0.05, 0.1) is 25.0 Å². The van der Waals surface area contributed by atoms with Crippen molar-refractivity contribution in [3.05, 3.63) is 95.1 Å². The molecule has 4 rings (SSSR count). The van der Waals surface area contributed by atoms with Crippen LogP contribution in [-0.2, 0) is 18.3 Å². The molecular formula is C31H37N2O5P. The molecule has 0 aliphatic heterocycles. The van der Waals surface area contributed by atoms with Gasteiger partial charge in [-0.1, -0.05) is 72.8 Å². The van der Waals surface area contributed by atoms with Crippen LogP contribution in [0.5, 0.6) is 0 Å². The molecule has 0 aromatic heterocycles.